The molecule has 0 aliphatic carbocycles. The van der Waals surface area contributed by atoms with Crippen molar-refractivity contribution in [1.82, 2.24) is 15.2 Å². The lowest BCUT2D eigenvalue weighted by atomic mass is 9.96. The Morgan fingerprint density at radius 1 is 1.03 bits per heavy atom. The first kappa shape index (κ1) is 20.2. The number of benzene rings is 1. The van der Waals surface area contributed by atoms with Crippen molar-refractivity contribution in [2.75, 3.05) is 14.2 Å². The Kier molecular flexibility index (Phi) is 5.88. The maximum atomic E-state index is 13.1. The molecule has 1 N–H and O–H groups in total. The molecule has 3 heterocycles. The third-order valence-electron chi connectivity index (χ3n) is 6.10. The molecule has 3 atom stereocenters. The SMILES string of the molecule is COc1ccc(CC(=O)N2[C@@H]3CC[C@H]2CC(NC(=O)c2ccncc2)C3)cc1OC. The molecule has 1 aromatic carbocycles. The van der Waals surface area contributed by atoms with Gasteiger partial charge in [-0.1, -0.05) is 6.07 Å². The van der Waals surface area contributed by atoms with Crippen LogP contribution in [0.1, 0.15) is 41.6 Å². The summed E-state index contributed by atoms with van der Waals surface area (Å²) in [4.78, 5) is 31.6. The predicted octanol–water partition coefficient (Wildman–Crippen LogP) is 2.59. The van der Waals surface area contributed by atoms with E-state index in [4.69, 9.17) is 9.47 Å². The molecule has 2 saturated heterocycles. The molecule has 2 aliphatic heterocycles. The van der Waals surface area contributed by atoms with Crippen LogP contribution >= 0.6 is 0 Å². The first-order chi connectivity index (χ1) is 14.6. The summed E-state index contributed by atoms with van der Waals surface area (Å²) in [6, 6.07) is 9.48. The van der Waals surface area contributed by atoms with Gasteiger partial charge in [0, 0.05) is 36.1 Å². The topological polar surface area (TPSA) is 80.8 Å². The number of nitrogens with zero attached hydrogens (tertiary/aromatic N) is 2. The number of ether oxygens (including phenoxy) is 2. The Bertz CT molecular complexity index is 904. The number of rotatable bonds is 6. The van der Waals surface area contributed by atoms with E-state index in [9.17, 15) is 9.59 Å². The van der Waals surface area contributed by atoms with Crippen molar-refractivity contribution in [3.8, 4) is 11.5 Å². The van der Waals surface area contributed by atoms with Gasteiger partial charge in [0.1, 0.15) is 0 Å². The maximum absolute atomic E-state index is 13.1. The molecule has 1 aromatic heterocycles. The molecule has 1 unspecified atom stereocenters. The fourth-order valence-corrected chi connectivity index (χ4v) is 4.73. The number of amides is 2. The van der Waals surface area contributed by atoms with Gasteiger partial charge in [0.05, 0.1) is 20.6 Å². The van der Waals surface area contributed by atoms with Crippen LogP contribution < -0.4 is 14.8 Å². The summed E-state index contributed by atoms with van der Waals surface area (Å²) < 4.78 is 10.6. The Balaban J connectivity index is 1.39. The smallest absolute Gasteiger partial charge is 0.251 e. The number of fused-ring (bicyclic) bond motifs is 2. The largest absolute Gasteiger partial charge is 0.493 e. The molecule has 2 amide bonds. The van der Waals surface area contributed by atoms with E-state index in [-0.39, 0.29) is 29.9 Å². The predicted molar refractivity (Wildman–Crippen MR) is 112 cm³/mol. The van der Waals surface area contributed by atoms with Gasteiger partial charge in [-0.25, -0.2) is 0 Å². The van der Waals surface area contributed by atoms with Gasteiger partial charge < -0.3 is 19.7 Å². The highest BCUT2D eigenvalue weighted by Gasteiger charge is 2.43. The van der Waals surface area contributed by atoms with Crippen LogP contribution in [0.2, 0.25) is 0 Å². The first-order valence-electron chi connectivity index (χ1n) is 10.3. The fraction of sp³-hybridized carbons (Fsp3) is 0.435. The molecule has 0 spiro atoms. The monoisotopic (exact) mass is 409 g/mol. The van der Waals surface area contributed by atoms with Crippen molar-refractivity contribution in [1.29, 1.82) is 0 Å². The quantitative estimate of drug-likeness (QED) is 0.793. The number of methoxy groups -OCH3 is 2. The van der Waals surface area contributed by atoms with Crippen LogP contribution in [0.25, 0.3) is 0 Å². The Hall–Kier alpha value is -3.09. The van der Waals surface area contributed by atoms with Gasteiger partial charge in [-0.15, -0.1) is 0 Å². The third-order valence-corrected chi connectivity index (χ3v) is 6.10. The molecule has 7 nitrogen and oxygen atoms in total. The van der Waals surface area contributed by atoms with Crippen LogP contribution in [-0.4, -0.2) is 54.0 Å². The van der Waals surface area contributed by atoms with Gasteiger partial charge >= 0.3 is 0 Å². The lowest BCUT2D eigenvalue weighted by Crippen LogP contribution is -2.52. The van der Waals surface area contributed by atoms with Crippen LogP contribution in [0.4, 0.5) is 0 Å². The first-order valence-corrected chi connectivity index (χ1v) is 10.3. The standard InChI is InChI=1S/C23H27N3O4/c1-29-20-6-3-15(11-21(20)30-2)12-22(27)26-18-4-5-19(26)14-17(13-18)25-23(28)16-7-9-24-10-8-16/h3,6-11,17-19H,4-5,12-14H2,1-2H3,(H,25,28)/t17?,18-,19+. The van der Waals surface area contributed by atoms with Crippen LogP contribution in [0.5, 0.6) is 11.5 Å². The summed E-state index contributed by atoms with van der Waals surface area (Å²) in [6.07, 6.45) is 7.15. The number of nitrogens with one attached hydrogen (secondary N) is 1. The van der Waals surface area contributed by atoms with Crippen molar-refractivity contribution >= 4 is 11.8 Å². The van der Waals surface area contributed by atoms with Crippen molar-refractivity contribution in [2.45, 2.75) is 50.2 Å². The molecule has 0 radical (unpaired) electrons. The van der Waals surface area contributed by atoms with E-state index in [1.54, 1.807) is 38.7 Å². The number of piperidine rings is 1. The second kappa shape index (κ2) is 8.73. The van der Waals surface area contributed by atoms with Crippen LogP contribution in [-0.2, 0) is 11.2 Å². The zero-order valence-electron chi connectivity index (χ0n) is 17.3. The summed E-state index contributed by atoms with van der Waals surface area (Å²) in [7, 11) is 3.19. The molecular formula is C23H27N3O4. The van der Waals surface area contributed by atoms with Crippen molar-refractivity contribution in [2.24, 2.45) is 0 Å². The Morgan fingerprint density at radius 3 is 2.33 bits per heavy atom. The number of carbonyl (C=O) groups excluding carboxylic acids is 2. The van der Waals surface area contributed by atoms with E-state index in [1.165, 1.54) is 0 Å². The average molecular weight is 409 g/mol. The molecule has 2 aromatic rings. The third kappa shape index (κ3) is 4.10. The van der Waals surface area contributed by atoms with E-state index in [2.05, 4.69) is 10.3 Å². The number of hydrogen-bond donors (Lipinski definition) is 1. The average Bonchev–Trinajstić information content (AvgIpc) is 3.05. The highest BCUT2D eigenvalue weighted by molar-refractivity contribution is 5.94. The zero-order chi connectivity index (χ0) is 21.1. The Morgan fingerprint density at radius 2 is 1.70 bits per heavy atom. The van der Waals surface area contributed by atoms with Gasteiger partial charge in [0.2, 0.25) is 5.91 Å². The van der Waals surface area contributed by atoms with E-state index in [0.717, 1.165) is 31.2 Å². The lowest BCUT2D eigenvalue weighted by Gasteiger charge is -2.39. The molecule has 2 fully saturated rings. The molecule has 2 aliphatic rings. The van der Waals surface area contributed by atoms with E-state index >= 15 is 0 Å². The van der Waals surface area contributed by atoms with Crippen LogP contribution in [0, 0.1) is 0 Å². The van der Waals surface area contributed by atoms with Gasteiger partial charge in [0.15, 0.2) is 11.5 Å². The van der Waals surface area contributed by atoms with Crippen molar-refractivity contribution < 1.29 is 19.1 Å². The van der Waals surface area contributed by atoms with Gasteiger partial charge in [0.25, 0.3) is 5.91 Å². The zero-order valence-corrected chi connectivity index (χ0v) is 17.3. The molecule has 158 valence electrons. The molecule has 2 bridgehead atoms. The second-order valence-electron chi connectivity index (χ2n) is 7.93. The lowest BCUT2D eigenvalue weighted by molar-refractivity contribution is -0.135. The number of hydrogen-bond acceptors (Lipinski definition) is 5. The normalized spacial score (nSPS) is 22.5. The number of carbonyl (C=O) groups is 2. The molecular weight excluding hydrogens is 382 g/mol. The molecule has 0 saturated carbocycles. The van der Waals surface area contributed by atoms with Crippen molar-refractivity contribution in [3.05, 3.63) is 53.9 Å². The molecule has 4 rings (SSSR count). The minimum Gasteiger partial charge on any atom is -0.493 e. The van der Waals surface area contributed by atoms with E-state index < -0.39 is 0 Å². The summed E-state index contributed by atoms with van der Waals surface area (Å²) in [6.45, 7) is 0. The highest BCUT2D eigenvalue weighted by Crippen LogP contribution is 2.37. The number of pyridine rings is 1. The highest BCUT2D eigenvalue weighted by atomic mass is 16.5. The minimum atomic E-state index is -0.0769. The number of aromatic nitrogens is 1. The Labute approximate surface area is 176 Å². The van der Waals surface area contributed by atoms with Gasteiger partial charge in [-0.2, -0.15) is 0 Å². The van der Waals surface area contributed by atoms with E-state index in [1.807, 2.05) is 23.1 Å². The molecule has 30 heavy (non-hydrogen) atoms. The summed E-state index contributed by atoms with van der Waals surface area (Å²) in [5, 5.41) is 3.14. The second-order valence-corrected chi connectivity index (χ2v) is 7.93. The fourth-order valence-electron chi connectivity index (χ4n) is 4.73. The maximum Gasteiger partial charge on any atom is 0.251 e. The van der Waals surface area contributed by atoms with E-state index in [0.29, 0.717) is 23.5 Å². The van der Waals surface area contributed by atoms with Crippen molar-refractivity contribution in [3.63, 3.8) is 0 Å². The van der Waals surface area contributed by atoms with Gasteiger partial charge in [-0.05, 0) is 55.5 Å². The van der Waals surface area contributed by atoms with Crippen LogP contribution in [0.15, 0.2) is 42.7 Å². The van der Waals surface area contributed by atoms with Gasteiger partial charge in [-0.3, -0.25) is 14.6 Å². The summed E-state index contributed by atoms with van der Waals surface area (Å²) in [5.41, 5.74) is 1.52. The minimum absolute atomic E-state index is 0.0769. The molecule has 7 heteroatoms. The summed E-state index contributed by atoms with van der Waals surface area (Å²) >= 11 is 0. The summed E-state index contributed by atoms with van der Waals surface area (Å²) in [5.74, 6) is 1.34. The van der Waals surface area contributed by atoms with Crippen LogP contribution in [0.3, 0.4) is 0 Å².